The van der Waals surface area contributed by atoms with Crippen LogP contribution >= 0.6 is 43.5 Å². The third kappa shape index (κ3) is 5.93. The number of halogens is 5. The van der Waals surface area contributed by atoms with Crippen LogP contribution in [0.25, 0.3) is 0 Å². The van der Waals surface area contributed by atoms with Gasteiger partial charge in [0.25, 0.3) is 0 Å². The first-order valence-corrected chi connectivity index (χ1v) is 8.03. The van der Waals surface area contributed by atoms with E-state index in [1.54, 1.807) is 0 Å². The average Bonchev–Trinajstić information content (AvgIpc) is 2.33. The Morgan fingerprint density at radius 2 is 2.10 bits per heavy atom. The summed E-state index contributed by atoms with van der Waals surface area (Å²) in [6, 6.07) is 2.78. The fourth-order valence-corrected chi connectivity index (χ4v) is 2.76. The number of nitrogens with one attached hydrogen (secondary N) is 1. The van der Waals surface area contributed by atoms with Gasteiger partial charge in [0.05, 0.1) is 10.2 Å². The zero-order chi connectivity index (χ0) is 15.1. The highest BCUT2D eigenvalue weighted by Gasteiger charge is 2.16. The van der Waals surface area contributed by atoms with Crippen molar-refractivity contribution >= 4 is 55.1 Å². The summed E-state index contributed by atoms with van der Waals surface area (Å²) in [5.74, 6) is -0.419. The maximum absolute atomic E-state index is 12.4. The summed E-state index contributed by atoms with van der Waals surface area (Å²) in [6.07, 6.45) is 1.85. The Morgan fingerprint density at radius 1 is 1.40 bits per heavy atom. The quantitative estimate of drug-likeness (QED) is 0.472. The van der Waals surface area contributed by atoms with Gasteiger partial charge >= 0.3 is 6.61 Å². The molecular formula is C12H12Br2ClF2NO2. The zero-order valence-electron chi connectivity index (χ0n) is 10.3. The first-order valence-electron chi connectivity index (χ1n) is 5.73. The summed E-state index contributed by atoms with van der Waals surface area (Å²) < 4.78 is 29.4. The van der Waals surface area contributed by atoms with E-state index in [0.29, 0.717) is 17.9 Å². The molecule has 0 bridgehead atoms. The van der Waals surface area contributed by atoms with Gasteiger partial charge in [-0.3, -0.25) is 4.79 Å². The fourth-order valence-electron chi connectivity index (χ4n) is 1.45. The van der Waals surface area contributed by atoms with Crippen molar-refractivity contribution in [3.8, 4) is 5.75 Å². The first-order chi connectivity index (χ1) is 9.43. The third-order valence-corrected chi connectivity index (χ3v) is 3.64. The van der Waals surface area contributed by atoms with E-state index in [9.17, 15) is 13.6 Å². The largest absolute Gasteiger partial charge is 0.431 e. The molecule has 0 fully saturated rings. The number of ether oxygens (including phenoxy) is 1. The minimum Gasteiger partial charge on any atom is -0.431 e. The molecule has 0 spiro atoms. The normalized spacial score (nSPS) is 10.7. The van der Waals surface area contributed by atoms with Crippen molar-refractivity contribution in [2.24, 2.45) is 0 Å². The Labute approximate surface area is 137 Å². The summed E-state index contributed by atoms with van der Waals surface area (Å²) in [5, 5.41) is 3.64. The van der Waals surface area contributed by atoms with Crippen LogP contribution in [0.2, 0.25) is 5.02 Å². The number of hydrogen-bond acceptors (Lipinski definition) is 2. The molecular weight excluding hydrogens is 423 g/mol. The number of carbonyl (C=O) groups is 1. The van der Waals surface area contributed by atoms with Gasteiger partial charge in [0.2, 0.25) is 5.91 Å². The summed E-state index contributed by atoms with van der Waals surface area (Å²) in [6.45, 7) is -2.99. The second-order valence-electron chi connectivity index (χ2n) is 3.84. The number of hydrogen-bond donors (Lipinski definition) is 1. The molecule has 1 amide bonds. The van der Waals surface area contributed by atoms with Gasteiger partial charge in [-0.2, -0.15) is 8.78 Å². The van der Waals surface area contributed by atoms with Crippen LogP contribution in [0.15, 0.2) is 16.6 Å². The number of amides is 1. The molecule has 0 aliphatic rings. The SMILES string of the molecule is O=C(CCCCBr)Nc1cc(Cl)cc(Br)c1OC(F)F. The highest BCUT2D eigenvalue weighted by Crippen LogP contribution is 2.37. The fraction of sp³-hybridized carbons (Fsp3) is 0.417. The highest BCUT2D eigenvalue weighted by atomic mass is 79.9. The first kappa shape index (κ1) is 17.7. The lowest BCUT2D eigenvalue weighted by molar-refractivity contribution is -0.116. The van der Waals surface area contributed by atoms with Gasteiger partial charge < -0.3 is 10.1 Å². The molecule has 1 rings (SSSR count). The molecule has 0 saturated heterocycles. The summed E-state index contributed by atoms with van der Waals surface area (Å²) in [4.78, 5) is 11.7. The van der Waals surface area contributed by atoms with E-state index in [-0.39, 0.29) is 21.8 Å². The van der Waals surface area contributed by atoms with E-state index in [4.69, 9.17) is 11.6 Å². The molecule has 0 unspecified atom stereocenters. The molecule has 1 N–H and O–H groups in total. The van der Waals surface area contributed by atoms with Crippen LogP contribution in [0.5, 0.6) is 5.75 Å². The van der Waals surface area contributed by atoms with E-state index < -0.39 is 6.61 Å². The van der Waals surface area contributed by atoms with Crippen LogP contribution in [0.4, 0.5) is 14.5 Å². The predicted molar refractivity (Wildman–Crippen MR) is 82.1 cm³/mol. The zero-order valence-corrected chi connectivity index (χ0v) is 14.2. The van der Waals surface area contributed by atoms with Gasteiger partial charge in [-0.1, -0.05) is 27.5 Å². The Morgan fingerprint density at radius 3 is 2.70 bits per heavy atom. The molecule has 8 heteroatoms. The Hall–Kier alpha value is -0.400. The van der Waals surface area contributed by atoms with Crippen molar-refractivity contribution in [3.63, 3.8) is 0 Å². The lowest BCUT2D eigenvalue weighted by Crippen LogP contribution is -2.13. The van der Waals surface area contributed by atoms with E-state index in [1.807, 2.05) is 0 Å². The van der Waals surface area contributed by atoms with Crippen molar-refractivity contribution in [1.82, 2.24) is 0 Å². The van der Waals surface area contributed by atoms with Crippen molar-refractivity contribution in [1.29, 1.82) is 0 Å². The summed E-state index contributed by atoms with van der Waals surface area (Å²) >= 11 is 12.2. The number of alkyl halides is 3. The molecule has 1 aromatic rings. The van der Waals surface area contributed by atoms with Crippen molar-refractivity contribution in [3.05, 3.63) is 21.6 Å². The minimum atomic E-state index is -2.99. The number of carbonyl (C=O) groups excluding carboxylic acids is 1. The Bertz CT molecular complexity index is 475. The predicted octanol–water partition coefficient (Wildman–Crippen LogP) is 5.21. The Balaban J connectivity index is 2.84. The highest BCUT2D eigenvalue weighted by molar-refractivity contribution is 9.10. The van der Waals surface area contributed by atoms with Gasteiger partial charge in [0.1, 0.15) is 0 Å². The number of benzene rings is 1. The summed E-state index contributed by atoms with van der Waals surface area (Å²) in [7, 11) is 0. The monoisotopic (exact) mass is 433 g/mol. The van der Waals surface area contributed by atoms with Gasteiger partial charge in [-0.15, -0.1) is 0 Å². The van der Waals surface area contributed by atoms with E-state index in [2.05, 4.69) is 41.9 Å². The maximum Gasteiger partial charge on any atom is 0.387 e. The lowest BCUT2D eigenvalue weighted by atomic mass is 10.2. The van der Waals surface area contributed by atoms with Gasteiger partial charge in [-0.25, -0.2) is 0 Å². The lowest BCUT2D eigenvalue weighted by Gasteiger charge is -2.14. The van der Waals surface area contributed by atoms with Crippen LogP contribution in [0, 0.1) is 0 Å². The van der Waals surface area contributed by atoms with E-state index >= 15 is 0 Å². The van der Waals surface area contributed by atoms with Crippen LogP contribution in [-0.4, -0.2) is 17.8 Å². The van der Waals surface area contributed by atoms with E-state index in [1.165, 1.54) is 12.1 Å². The smallest absolute Gasteiger partial charge is 0.387 e. The second-order valence-corrected chi connectivity index (χ2v) is 5.92. The molecule has 0 aromatic heterocycles. The van der Waals surface area contributed by atoms with Crippen molar-refractivity contribution < 1.29 is 18.3 Å². The molecule has 1 aromatic carbocycles. The number of unbranched alkanes of at least 4 members (excludes halogenated alkanes) is 1. The minimum absolute atomic E-state index is 0.119. The molecule has 0 aliphatic carbocycles. The van der Waals surface area contributed by atoms with Gasteiger partial charge in [0, 0.05) is 16.8 Å². The van der Waals surface area contributed by atoms with Crippen LogP contribution in [-0.2, 0) is 4.79 Å². The summed E-state index contributed by atoms with van der Waals surface area (Å²) in [5.41, 5.74) is 0.119. The molecule has 0 saturated carbocycles. The molecule has 0 aliphatic heterocycles. The van der Waals surface area contributed by atoms with Crippen molar-refractivity contribution in [2.75, 3.05) is 10.6 Å². The average molecular weight is 435 g/mol. The molecule has 112 valence electrons. The molecule has 0 radical (unpaired) electrons. The molecule has 20 heavy (non-hydrogen) atoms. The third-order valence-electron chi connectivity index (χ3n) is 2.28. The maximum atomic E-state index is 12.4. The molecule has 3 nitrogen and oxygen atoms in total. The van der Waals surface area contributed by atoms with Crippen molar-refractivity contribution in [2.45, 2.75) is 25.9 Å². The topological polar surface area (TPSA) is 38.3 Å². The number of anilines is 1. The number of rotatable bonds is 7. The van der Waals surface area contributed by atoms with Crippen LogP contribution in [0.1, 0.15) is 19.3 Å². The van der Waals surface area contributed by atoms with Crippen LogP contribution < -0.4 is 10.1 Å². The Kier molecular flexibility index (Phi) is 7.76. The molecule has 0 heterocycles. The van der Waals surface area contributed by atoms with Crippen LogP contribution in [0.3, 0.4) is 0 Å². The van der Waals surface area contributed by atoms with Gasteiger partial charge in [0.15, 0.2) is 5.75 Å². The van der Waals surface area contributed by atoms with Gasteiger partial charge in [-0.05, 0) is 40.9 Å². The standard InChI is InChI=1S/C12H12Br2ClF2NO2/c13-4-2-1-3-10(19)18-9-6-7(15)5-8(14)11(9)20-12(16)17/h5-6,12H,1-4H2,(H,18,19). The van der Waals surface area contributed by atoms with E-state index in [0.717, 1.165) is 11.8 Å². The molecule has 0 atom stereocenters. The second kappa shape index (κ2) is 8.79.